The van der Waals surface area contributed by atoms with Crippen LogP contribution in [0.1, 0.15) is 264 Å². The molecule has 0 aromatic carbocycles. The van der Waals surface area contributed by atoms with Crippen LogP contribution in [0.4, 0.5) is 0 Å². The van der Waals surface area contributed by atoms with E-state index in [1.165, 1.54) is 128 Å². The summed E-state index contributed by atoms with van der Waals surface area (Å²) in [5.41, 5.74) is 0. The summed E-state index contributed by atoms with van der Waals surface area (Å²) in [6, 6.07) is -0.956. The van der Waals surface area contributed by atoms with Gasteiger partial charge < -0.3 is 65.1 Å². The van der Waals surface area contributed by atoms with Gasteiger partial charge >= 0.3 is 0 Å². The number of nitrogens with one attached hydrogen (secondary N) is 1. The maximum Gasteiger partial charge on any atom is 0.220 e. The lowest BCUT2D eigenvalue weighted by Gasteiger charge is -2.46. The van der Waals surface area contributed by atoms with E-state index in [9.17, 15) is 45.6 Å². The lowest BCUT2D eigenvalue weighted by molar-refractivity contribution is -0.359. The first-order chi connectivity index (χ1) is 43.6. The summed E-state index contributed by atoms with van der Waals surface area (Å²) in [5, 5.41) is 87.4. The van der Waals surface area contributed by atoms with Gasteiger partial charge in [0, 0.05) is 6.42 Å². The number of aliphatic hydroxyl groups excluding tert-OH is 8. The molecule has 14 heteroatoms. The van der Waals surface area contributed by atoms with E-state index in [1.54, 1.807) is 6.08 Å². The van der Waals surface area contributed by atoms with Crippen LogP contribution in [0.5, 0.6) is 0 Å². The van der Waals surface area contributed by atoms with Crippen molar-refractivity contribution in [3.8, 4) is 0 Å². The normalized spacial score (nSPS) is 23.7. The van der Waals surface area contributed by atoms with Gasteiger partial charge in [-0.3, -0.25) is 4.79 Å². The zero-order chi connectivity index (χ0) is 64.5. The number of unbranched alkanes of at least 4 members (excludes halogenated alkanes) is 28. The number of hydrogen-bond acceptors (Lipinski definition) is 13. The predicted molar refractivity (Wildman–Crippen MR) is 364 cm³/mol. The van der Waals surface area contributed by atoms with Crippen molar-refractivity contribution >= 4 is 5.91 Å². The molecule has 2 saturated heterocycles. The molecule has 89 heavy (non-hydrogen) atoms. The minimum absolute atomic E-state index is 0.246. The van der Waals surface area contributed by atoms with Crippen molar-refractivity contribution in [1.29, 1.82) is 0 Å². The highest BCUT2D eigenvalue weighted by Crippen LogP contribution is 2.30. The molecule has 2 aliphatic rings. The van der Waals surface area contributed by atoms with Gasteiger partial charge in [-0.1, -0.05) is 271 Å². The van der Waals surface area contributed by atoms with Crippen molar-refractivity contribution in [2.24, 2.45) is 0 Å². The highest BCUT2D eigenvalue weighted by Gasteiger charge is 2.51. The van der Waals surface area contributed by atoms with Gasteiger partial charge in [-0.05, 0) is 96.3 Å². The highest BCUT2D eigenvalue weighted by molar-refractivity contribution is 5.76. The van der Waals surface area contributed by atoms with Crippen molar-refractivity contribution in [2.75, 3.05) is 19.8 Å². The lowest BCUT2D eigenvalue weighted by atomic mass is 9.97. The number of carbonyl (C=O) groups excluding carboxylic acids is 1. The van der Waals surface area contributed by atoms with Gasteiger partial charge in [0.1, 0.15) is 48.8 Å². The molecular weight excluding hydrogens is 1120 g/mol. The number of ether oxygens (including phenoxy) is 4. The van der Waals surface area contributed by atoms with E-state index >= 15 is 0 Å². The maximum absolute atomic E-state index is 13.3. The Balaban J connectivity index is 1.72. The molecule has 0 saturated carbocycles. The van der Waals surface area contributed by atoms with Crippen molar-refractivity contribution < 1.29 is 64.6 Å². The van der Waals surface area contributed by atoms with Crippen LogP contribution >= 0.6 is 0 Å². The second kappa shape index (κ2) is 58.5. The Labute approximate surface area is 540 Å². The van der Waals surface area contributed by atoms with Gasteiger partial charge in [-0.15, -0.1) is 0 Å². The van der Waals surface area contributed by atoms with Crippen molar-refractivity contribution in [3.05, 3.63) is 109 Å². The first kappa shape index (κ1) is 81.7. The molecule has 0 aromatic heterocycles. The zero-order valence-electron chi connectivity index (χ0n) is 55.6. The van der Waals surface area contributed by atoms with Crippen LogP contribution in [0.25, 0.3) is 0 Å². The van der Waals surface area contributed by atoms with Gasteiger partial charge in [0.05, 0.1) is 32.0 Å². The van der Waals surface area contributed by atoms with Crippen molar-refractivity contribution in [3.63, 3.8) is 0 Å². The molecule has 12 atom stereocenters. The van der Waals surface area contributed by atoms with E-state index in [0.717, 1.165) is 103 Å². The summed E-state index contributed by atoms with van der Waals surface area (Å²) in [4.78, 5) is 13.3. The molecule has 0 aliphatic carbocycles. The Morgan fingerprint density at radius 3 is 1.24 bits per heavy atom. The predicted octanol–water partition coefficient (Wildman–Crippen LogP) is 14.7. The van der Waals surface area contributed by atoms with E-state index in [1.807, 2.05) is 6.08 Å². The minimum Gasteiger partial charge on any atom is -0.394 e. The zero-order valence-corrected chi connectivity index (χ0v) is 55.6. The fraction of sp³-hybridized carbons (Fsp3) is 0.747. The molecule has 9 N–H and O–H groups in total. The van der Waals surface area contributed by atoms with Crippen LogP contribution in [0.3, 0.4) is 0 Å². The number of rotatable bonds is 57. The monoisotopic (exact) mass is 1250 g/mol. The third kappa shape index (κ3) is 42.5. The van der Waals surface area contributed by atoms with Crippen LogP contribution in [0.15, 0.2) is 109 Å². The van der Waals surface area contributed by atoms with Crippen LogP contribution in [-0.2, 0) is 23.7 Å². The first-order valence-corrected chi connectivity index (χ1v) is 35.6. The van der Waals surface area contributed by atoms with Crippen LogP contribution in [0.2, 0.25) is 0 Å². The Morgan fingerprint density at radius 1 is 0.416 bits per heavy atom. The second-order valence-electron chi connectivity index (χ2n) is 24.6. The number of allylic oxidation sites excluding steroid dienone is 17. The minimum atomic E-state index is -1.80. The Bertz CT molecular complexity index is 1910. The molecule has 0 aromatic rings. The van der Waals surface area contributed by atoms with Crippen molar-refractivity contribution in [2.45, 2.75) is 338 Å². The number of hydrogen-bond donors (Lipinski definition) is 9. The summed E-state index contributed by atoms with van der Waals surface area (Å²) in [6.07, 6.45) is 67.2. The van der Waals surface area contributed by atoms with E-state index < -0.39 is 86.8 Å². The van der Waals surface area contributed by atoms with Gasteiger partial charge in [0.25, 0.3) is 0 Å². The summed E-state index contributed by atoms with van der Waals surface area (Å²) in [7, 11) is 0. The molecule has 2 rings (SSSR count). The second-order valence-corrected chi connectivity index (χ2v) is 24.6. The lowest BCUT2D eigenvalue weighted by Crippen LogP contribution is -2.65. The fourth-order valence-corrected chi connectivity index (χ4v) is 11.0. The molecule has 0 bridgehead atoms. The highest BCUT2D eigenvalue weighted by atomic mass is 16.7. The standard InChI is InChI=1S/C75H129NO13/c1-3-5-7-9-11-13-15-17-19-21-23-25-27-29-30-31-32-33-35-36-38-40-42-44-46-48-50-52-54-56-58-64(79)63(62-86-74-72(85)70(83)73(66(61-78)88-74)89-75-71(84)69(82)68(81)65(60-77)87-75)76-67(80)59-57-55-53-51-49-47-45-43-41-39-37-34-28-26-24-22-20-18-16-14-12-10-8-6-4-2/h6,8,12,14,18,20,24,26,34,37,40-43,48,50,56,58,63-66,68-75,77-79,81-85H,3-5,7,9-11,13,15-17,19,21-23,25,27-33,35-36,38-39,44-47,49,51-55,57,59-62H2,1-2H3,(H,76,80)/b8-6-,14-12-,20-18-,26-24-,37-34-,42-40+,43-41-,50-48+,58-56+. The van der Waals surface area contributed by atoms with Crippen LogP contribution in [0, 0.1) is 0 Å². The summed E-state index contributed by atoms with van der Waals surface area (Å²) in [5.74, 6) is -0.271. The molecular formula is C75H129NO13. The molecule has 2 heterocycles. The average Bonchev–Trinajstić information content (AvgIpc) is 1.37. The largest absolute Gasteiger partial charge is 0.394 e. The number of carbonyl (C=O) groups is 1. The third-order valence-corrected chi connectivity index (χ3v) is 16.7. The molecule has 12 unspecified atom stereocenters. The van der Waals surface area contributed by atoms with Gasteiger partial charge in [0.2, 0.25) is 5.91 Å². The average molecular weight is 1250 g/mol. The number of aliphatic hydroxyl groups is 8. The van der Waals surface area contributed by atoms with Gasteiger partial charge in [0.15, 0.2) is 12.6 Å². The third-order valence-electron chi connectivity index (χ3n) is 16.7. The summed E-state index contributed by atoms with van der Waals surface area (Å²) in [6.45, 7) is 2.66. The fourth-order valence-electron chi connectivity index (χ4n) is 11.0. The smallest absolute Gasteiger partial charge is 0.220 e. The molecule has 1 amide bonds. The van der Waals surface area contributed by atoms with E-state index in [4.69, 9.17) is 18.9 Å². The molecule has 2 fully saturated rings. The van der Waals surface area contributed by atoms with Gasteiger partial charge in [-0.2, -0.15) is 0 Å². The molecule has 512 valence electrons. The first-order valence-electron chi connectivity index (χ1n) is 35.6. The van der Waals surface area contributed by atoms with Crippen LogP contribution < -0.4 is 5.32 Å². The summed E-state index contributed by atoms with van der Waals surface area (Å²) >= 11 is 0. The van der Waals surface area contributed by atoms with Crippen molar-refractivity contribution in [1.82, 2.24) is 5.32 Å². The van der Waals surface area contributed by atoms with Gasteiger partial charge in [-0.25, -0.2) is 0 Å². The quantitative estimate of drug-likeness (QED) is 0.0204. The Morgan fingerprint density at radius 2 is 0.787 bits per heavy atom. The summed E-state index contributed by atoms with van der Waals surface area (Å²) < 4.78 is 22.8. The molecule has 0 radical (unpaired) electrons. The molecule has 14 nitrogen and oxygen atoms in total. The molecule has 2 aliphatic heterocycles. The SMILES string of the molecule is CC/C=C\C/C=C\C/C=C\C/C=C\C/C=C\C/C=C\CCCCCCCCC(=O)NC(COC1OC(CO)C(OC2OC(CO)C(O)C(O)C2O)C(O)C1O)C(O)/C=C/CC/C=C/CC/C=C/CCCCCCCCCCCCCCCCCCCCCC. The number of amides is 1. The molecule has 0 spiro atoms. The topological polar surface area (TPSA) is 228 Å². The Hall–Kier alpha value is -3.35. The van der Waals surface area contributed by atoms with Crippen LogP contribution in [-0.4, -0.2) is 140 Å². The van der Waals surface area contributed by atoms with E-state index in [-0.39, 0.29) is 18.9 Å². The van der Waals surface area contributed by atoms with E-state index in [0.29, 0.717) is 12.8 Å². The maximum atomic E-state index is 13.3. The van der Waals surface area contributed by atoms with E-state index in [2.05, 4.69) is 116 Å². The Kier molecular flexibility index (Phi) is 53.7.